The lowest BCUT2D eigenvalue weighted by molar-refractivity contribution is 0.235. The van der Waals surface area contributed by atoms with Crippen LogP contribution in [-0.2, 0) is 13.0 Å². The lowest BCUT2D eigenvalue weighted by Gasteiger charge is -2.24. The first kappa shape index (κ1) is 8.53. The Labute approximate surface area is 77.0 Å². The highest BCUT2D eigenvalue weighted by atomic mass is 16.3. The minimum Gasteiger partial charge on any atom is -0.508 e. The number of hydrogen-bond acceptors (Lipinski definition) is 3. The summed E-state index contributed by atoms with van der Waals surface area (Å²) in [6.07, 6.45) is 0.839. The molecule has 1 atom stereocenters. The third-order valence-electron chi connectivity index (χ3n) is 2.46. The summed E-state index contributed by atoms with van der Waals surface area (Å²) < 4.78 is 0. The summed E-state index contributed by atoms with van der Waals surface area (Å²) in [5, 5.41) is 21.4. The summed E-state index contributed by atoms with van der Waals surface area (Å²) in [6, 6.07) is 5.56. The second-order valence-corrected chi connectivity index (χ2v) is 3.42. The van der Waals surface area contributed by atoms with Gasteiger partial charge in [-0.2, -0.15) is 0 Å². The number of aromatic hydroxyl groups is 1. The molecule has 0 amide bonds. The molecule has 0 aliphatic carbocycles. The second kappa shape index (κ2) is 3.36. The highest BCUT2D eigenvalue weighted by Crippen LogP contribution is 2.21. The number of phenols is 1. The Morgan fingerprint density at radius 2 is 2.23 bits per heavy atom. The van der Waals surface area contributed by atoms with Gasteiger partial charge in [0.05, 0.1) is 6.61 Å². The van der Waals surface area contributed by atoms with E-state index in [-0.39, 0.29) is 12.6 Å². The van der Waals surface area contributed by atoms with Crippen LogP contribution in [-0.4, -0.2) is 22.9 Å². The van der Waals surface area contributed by atoms with E-state index in [1.165, 1.54) is 5.56 Å². The van der Waals surface area contributed by atoms with E-state index in [0.29, 0.717) is 5.75 Å². The third kappa shape index (κ3) is 1.66. The van der Waals surface area contributed by atoms with Gasteiger partial charge in [-0.1, -0.05) is 6.07 Å². The van der Waals surface area contributed by atoms with E-state index in [4.69, 9.17) is 5.11 Å². The van der Waals surface area contributed by atoms with Gasteiger partial charge in [0.25, 0.3) is 0 Å². The molecule has 1 aliphatic rings. The van der Waals surface area contributed by atoms with E-state index in [0.717, 1.165) is 18.5 Å². The van der Waals surface area contributed by atoms with E-state index < -0.39 is 0 Å². The molecule has 0 fully saturated rings. The standard InChI is InChI=1S/C10H13NO2/c12-6-9-3-7-1-2-10(13)4-8(7)5-11-9/h1-2,4,9,11-13H,3,5-6H2/t9-/m0/s1. The molecule has 0 saturated carbocycles. The van der Waals surface area contributed by atoms with Crippen LogP contribution in [0.4, 0.5) is 0 Å². The van der Waals surface area contributed by atoms with Crippen LogP contribution >= 0.6 is 0 Å². The smallest absolute Gasteiger partial charge is 0.115 e. The van der Waals surface area contributed by atoms with Gasteiger partial charge in [0.15, 0.2) is 0 Å². The maximum absolute atomic E-state index is 9.23. The Morgan fingerprint density at radius 1 is 1.38 bits per heavy atom. The van der Waals surface area contributed by atoms with Crippen molar-refractivity contribution in [2.45, 2.75) is 19.0 Å². The molecule has 2 rings (SSSR count). The van der Waals surface area contributed by atoms with Crippen LogP contribution in [0.5, 0.6) is 5.75 Å². The van der Waals surface area contributed by atoms with Gasteiger partial charge in [0.2, 0.25) is 0 Å². The Hall–Kier alpha value is -1.06. The zero-order chi connectivity index (χ0) is 9.26. The van der Waals surface area contributed by atoms with Gasteiger partial charge in [-0.05, 0) is 29.7 Å². The van der Waals surface area contributed by atoms with E-state index in [1.807, 2.05) is 6.07 Å². The molecule has 1 heterocycles. The van der Waals surface area contributed by atoms with Crippen molar-refractivity contribution in [3.8, 4) is 5.75 Å². The second-order valence-electron chi connectivity index (χ2n) is 3.42. The van der Waals surface area contributed by atoms with Crippen LogP contribution < -0.4 is 5.32 Å². The Balaban J connectivity index is 2.26. The van der Waals surface area contributed by atoms with E-state index in [2.05, 4.69) is 5.32 Å². The van der Waals surface area contributed by atoms with Crippen molar-refractivity contribution in [3.05, 3.63) is 29.3 Å². The average molecular weight is 179 g/mol. The predicted octanol–water partition coefficient (Wildman–Crippen LogP) is 0.399. The van der Waals surface area contributed by atoms with Gasteiger partial charge < -0.3 is 15.5 Å². The number of fused-ring (bicyclic) bond motifs is 1. The molecule has 3 N–H and O–H groups in total. The largest absolute Gasteiger partial charge is 0.508 e. The quantitative estimate of drug-likeness (QED) is 0.585. The topological polar surface area (TPSA) is 52.5 Å². The summed E-state index contributed by atoms with van der Waals surface area (Å²) in [5.74, 6) is 0.308. The first-order valence-electron chi connectivity index (χ1n) is 4.44. The number of nitrogens with one attached hydrogen (secondary N) is 1. The van der Waals surface area contributed by atoms with Gasteiger partial charge in [-0.15, -0.1) is 0 Å². The molecule has 1 aliphatic heterocycles. The number of rotatable bonds is 1. The highest BCUT2D eigenvalue weighted by molar-refractivity contribution is 5.36. The van der Waals surface area contributed by atoms with Gasteiger partial charge in [0.1, 0.15) is 5.75 Å². The van der Waals surface area contributed by atoms with Crippen LogP contribution in [0.15, 0.2) is 18.2 Å². The molecule has 0 radical (unpaired) electrons. The number of aliphatic hydroxyl groups is 1. The molecule has 0 aromatic heterocycles. The fourth-order valence-electron chi connectivity index (χ4n) is 1.70. The zero-order valence-corrected chi connectivity index (χ0v) is 7.33. The first-order valence-corrected chi connectivity index (χ1v) is 4.44. The summed E-state index contributed by atoms with van der Waals surface area (Å²) in [6.45, 7) is 0.898. The maximum Gasteiger partial charge on any atom is 0.115 e. The Morgan fingerprint density at radius 3 is 3.00 bits per heavy atom. The van der Waals surface area contributed by atoms with Gasteiger partial charge in [-0.3, -0.25) is 0 Å². The molecular weight excluding hydrogens is 166 g/mol. The Bertz CT molecular complexity index is 312. The summed E-state index contributed by atoms with van der Waals surface area (Å²) in [4.78, 5) is 0. The molecule has 0 bridgehead atoms. The van der Waals surface area contributed by atoms with Crippen LogP contribution in [0.25, 0.3) is 0 Å². The van der Waals surface area contributed by atoms with Crippen molar-refractivity contribution < 1.29 is 10.2 Å². The molecule has 3 nitrogen and oxygen atoms in total. The van der Waals surface area contributed by atoms with Gasteiger partial charge in [0, 0.05) is 12.6 Å². The van der Waals surface area contributed by atoms with Crippen LogP contribution in [0.1, 0.15) is 11.1 Å². The number of hydrogen-bond donors (Lipinski definition) is 3. The lowest BCUT2D eigenvalue weighted by Crippen LogP contribution is -2.38. The fraction of sp³-hybridized carbons (Fsp3) is 0.400. The monoisotopic (exact) mass is 179 g/mol. The molecule has 70 valence electrons. The van der Waals surface area contributed by atoms with Crippen molar-refractivity contribution in [3.63, 3.8) is 0 Å². The van der Waals surface area contributed by atoms with Crippen LogP contribution in [0.2, 0.25) is 0 Å². The van der Waals surface area contributed by atoms with Crippen LogP contribution in [0.3, 0.4) is 0 Å². The zero-order valence-electron chi connectivity index (χ0n) is 7.33. The molecule has 0 unspecified atom stereocenters. The minimum absolute atomic E-state index is 0.164. The molecule has 0 spiro atoms. The molecule has 0 saturated heterocycles. The maximum atomic E-state index is 9.23. The predicted molar refractivity (Wildman–Crippen MR) is 49.5 cm³/mol. The van der Waals surface area contributed by atoms with Crippen molar-refractivity contribution in [1.82, 2.24) is 5.32 Å². The summed E-state index contributed by atoms with van der Waals surface area (Å²) in [7, 11) is 0. The van der Waals surface area contributed by atoms with Crippen molar-refractivity contribution in [1.29, 1.82) is 0 Å². The molecule has 13 heavy (non-hydrogen) atoms. The van der Waals surface area contributed by atoms with Crippen LogP contribution in [0, 0.1) is 0 Å². The number of aliphatic hydroxyl groups excluding tert-OH is 1. The van der Waals surface area contributed by atoms with Gasteiger partial charge in [-0.25, -0.2) is 0 Å². The van der Waals surface area contributed by atoms with Crippen molar-refractivity contribution >= 4 is 0 Å². The van der Waals surface area contributed by atoms with Crippen molar-refractivity contribution in [2.24, 2.45) is 0 Å². The fourth-order valence-corrected chi connectivity index (χ4v) is 1.70. The number of benzene rings is 1. The van der Waals surface area contributed by atoms with Crippen molar-refractivity contribution in [2.75, 3.05) is 6.61 Å². The highest BCUT2D eigenvalue weighted by Gasteiger charge is 2.16. The van der Waals surface area contributed by atoms with E-state index >= 15 is 0 Å². The third-order valence-corrected chi connectivity index (χ3v) is 2.46. The summed E-state index contributed by atoms with van der Waals surface area (Å²) in [5.41, 5.74) is 2.35. The molecule has 1 aromatic carbocycles. The average Bonchev–Trinajstić information content (AvgIpc) is 2.17. The first-order chi connectivity index (χ1) is 6.29. The minimum atomic E-state index is 0.164. The van der Waals surface area contributed by atoms with Gasteiger partial charge >= 0.3 is 0 Å². The normalized spacial score (nSPS) is 21.2. The Kier molecular flexibility index (Phi) is 2.20. The lowest BCUT2D eigenvalue weighted by atomic mass is 9.96. The number of phenolic OH excluding ortho intramolecular Hbond substituents is 1. The molecule has 1 aromatic rings. The molecule has 3 heteroatoms. The SMILES string of the molecule is OC[C@@H]1Cc2ccc(O)cc2CN1. The van der Waals surface area contributed by atoms with E-state index in [1.54, 1.807) is 12.1 Å². The van der Waals surface area contributed by atoms with E-state index in [9.17, 15) is 5.11 Å². The molecular formula is C10H13NO2. The summed E-state index contributed by atoms with van der Waals surface area (Å²) >= 11 is 0.